The van der Waals surface area contributed by atoms with Crippen molar-refractivity contribution in [2.45, 2.75) is 45.7 Å². The number of rotatable bonds is 8. The molecule has 164 valence electrons. The van der Waals surface area contributed by atoms with E-state index in [2.05, 4.69) is 20.4 Å². The van der Waals surface area contributed by atoms with E-state index in [0.29, 0.717) is 29.7 Å². The Morgan fingerprint density at radius 3 is 2.77 bits per heavy atom. The zero-order chi connectivity index (χ0) is 21.8. The summed E-state index contributed by atoms with van der Waals surface area (Å²) >= 11 is 11.9. The first-order valence-corrected chi connectivity index (χ1v) is 10.4. The molecule has 12 heteroatoms. The van der Waals surface area contributed by atoms with Gasteiger partial charge in [0.2, 0.25) is 5.28 Å². The van der Waals surface area contributed by atoms with Gasteiger partial charge < -0.3 is 14.8 Å². The van der Waals surface area contributed by atoms with Crippen LogP contribution >= 0.6 is 23.2 Å². The monoisotopic (exact) mass is 458 g/mol. The van der Waals surface area contributed by atoms with Gasteiger partial charge in [0.05, 0.1) is 23.8 Å². The normalized spacial score (nSPS) is 16.8. The summed E-state index contributed by atoms with van der Waals surface area (Å²) in [4.78, 5) is 19.1. The van der Waals surface area contributed by atoms with Crippen LogP contribution in [0, 0.1) is 23.0 Å². The van der Waals surface area contributed by atoms with Gasteiger partial charge in [-0.15, -0.1) is 5.10 Å². The van der Waals surface area contributed by atoms with Crippen LogP contribution in [0.25, 0.3) is 0 Å². The van der Waals surface area contributed by atoms with Crippen molar-refractivity contribution >= 4 is 34.7 Å². The highest BCUT2D eigenvalue weighted by molar-refractivity contribution is 6.33. The molecule has 0 aliphatic carbocycles. The molecule has 0 spiro atoms. The van der Waals surface area contributed by atoms with Crippen molar-refractivity contribution in [3.63, 3.8) is 0 Å². The number of nitrogens with zero attached hydrogens (tertiary/aromatic N) is 5. The Morgan fingerprint density at radius 1 is 1.40 bits per heavy atom. The van der Waals surface area contributed by atoms with Gasteiger partial charge in [0.1, 0.15) is 16.5 Å². The van der Waals surface area contributed by atoms with E-state index in [-0.39, 0.29) is 41.5 Å². The number of hydrogen-bond acceptors (Lipinski definition) is 8. The second-order valence-electron chi connectivity index (χ2n) is 7.34. The van der Waals surface area contributed by atoms with Crippen LogP contribution in [0.2, 0.25) is 10.3 Å². The fraction of sp³-hybridized carbons (Fsp3) is 0.611. The smallest absolute Gasteiger partial charge is 0.352 e. The van der Waals surface area contributed by atoms with Crippen LogP contribution in [-0.4, -0.2) is 50.5 Å². The van der Waals surface area contributed by atoms with Gasteiger partial charge in [-0.1, -0.05) is 18.5 Å². The van der Waals surface area contributed by atoms with E-state index in [1.54, 1.807) is 11.6 Å². The molecule has 2 unspecified atom stereocenters. The summed E-state index contributed by atoms with van der Waals surface area (Å²) in [6.07, 6.45) is 2.94. The molecule has 3 rings (SSSR count). The number of aromatic nitrogens is 4. The molecule has 0 bridgehead atoms. The van der Waals surface area contributed by atoms with E-state index < -0.39 is 4.92 Å². The number of nitro groups is 1. The third-order valence-corrected chi connectivity index (χ3v) is 5.68. The van der Waals surface area contributed by atoms with E-state index in [0.717, 1.165) is 12.8 Å². The molecule has 2 atom stereocenters. The lowest BCUT2D eigenvalue weighted by Gasteiger charge is -2.23. The fourth-order valence-corrected chi connectivity index (χ4v) is 3.51. The van der Waals surface area contributed by atoms with Gasteiger partial charge in [0, 0.05) is 25.2 Å². The fourth-order valence-electron chi connectivity index (χ4n) is 3.24. The molecule has 1 aliphatic heterocycles. The molecule has 0 saturated carbocycles. The molecule has 0 amide bonds. The van der Waals surface area contributed by atoms with E-state index in [9.17, 15) is 10.1 Å². The molecular formula is C18H24Cl2N6O4. The zero-order valence-corrected chi connectivity index (χ0v) is 18.5. The minimum Gasteiger partial charge on any atom is -0.471 e. The Labute approximate surface area is 184 Å². The predicted molar refractivity (Wildman–Crippen MR) is 113 cm³/mol. The Balaban J connectivity index is 1.69. The first-order chi connectivity index (χ1) is 14.3. The summed E-state index contributed by atoms with van der Waals surface area (Å²) in [5, 5.41) is 19.6. The molecule has 1 saturated heterocycles. The van der Waals surface area contributed by atoms with E-state index in [1.807, 2.05) is 13.8 Å². The summed E-state index contributed by atoms with van der Waals surface area (Å²) in [6.45, 7) is 7.02. The van der Waals surface area contributed by atoms with Crippen LogP contribution in [0.4, 0.5) is 11.5 Å². The molecule has 0 aromatic carbocycles. The second kappa shape index (κ2) is 9.76. The molecule has 0 radical (unpaired) electrons. The number of nitrogens with one attached hydrogen (secondary N) is 1. The third kappa shape index (κ3) is 5.11. The topological polar surface area (TPSA) is 117 Å². The minimum atomic E-state index is -0.442. The average molecular weight is 459 g/mol. The second-order valence-corrected chi connectivity index (χ2v) is 8.09. The van der Waals surface area contributed by atoms with Crippen molar-refractivity contribution in [3.8, 4) is 5.88 Å². The first kappa shape index (κ1) is 22.5. The number of anilines is 1. The highest BCUT2D eigenvalue weighted by atomic mass is 35.5. The highest BCUT2D eigenvalue weighted by Crippen LogP contribution is 2.34. The predicted octanol–water partition coefficient (Wildman–Crippen LogP) is 4.06. The van der Waals surface area contributed by atoms with Gasteiger partial charge in [0.15, 0.2) is 0 Å². The van der Waals surface area contributed by atoms with Crippen LogP contribution < -0.4 is 10.1 Å². The van der Waals surface area contributed by atoms with Crippen LogP contribution in [0.15, 0.2) is 6.20 Å². The molecule has 30 heavy (non-hydrogen) atoms. The first-order valence-electron chi connectivity index (χ1n) is 9.66. The van der Waals surface area contributed by atoms with Crippen molar-refractivity contribution in [3.05, 3.63) is 32.3 Å². The van der Waals surface area contributed by atoms with Crippen molar-refractivity contribution in [1.82, 2.24) is 19.7 Å². The summed E-state index contributed by atoms with van der Waals surface area (Å²) < 4.78 is 12.9. The van der Waals surface area contributed by atoms with Crippen molar-refractivity contribution in [1.29, 1.82) is 0 Å². The van der Waals surface area contributed by atoms with Crippen molar-refractivity contribution < 1.29 is 14.4 Å². The van der Waals surface area contributed by atoms with Crippen LogP contribution in [0.5, 0.6) is 5.88 Å². The van der Waals surface area contributed by atoms with E-state index in [1.165, 1.54) is 6.20 Å². The van der Waals surface area contributed by atoms with Gasteiger partial charge in [-0.25, -0.2) is 4.98 Å². The summed E-state index contributed by atoms with van der Waals surface area (Å²) in [7, 11) is 0. The lowest BCUT2D eigenvalue weighted by atomic mass is 10.1. The average Bonchev–Trinajstić information content (AvgIpc) is 3.05. The number of ether oxygens (including phenoxy) is 2. The van der Waals surface area contributed by atoms with Gasteiger partial charge in [-0.05, 0) is 38.3 Å². The lowest BCUT2D eigenvalue weighted by molar-refractivity contribution is -0.386. The third-order valence-electron chi connectivity index (χ3n) is 5.22. The van der Waals surface area contributed by atoms with Crippen LogP contribution in [-0.2, 0) is 4.74 Å². The Kier molecular flexibility index (Phi) is 7.32. The lowest BCUT2D eigenvalue weighted by Crippen LogP contribution is -2.29. The maximum absolute atomic E-state index is 11.6. The molecule has 1 N–H and O–H groups in total. The van der Waals surface area contributed by atoms with Gasteiger partial charge >= 0.3 is 11.6 Å². The molecule has 2 aromatic rings. The largest absolute Gasteiger partial charge is 0.471 e. The standard InChI is InChI=1S/C18H24Cl2N6O4/c1-10(11(2)22-16-14(19)8-21-18(20)23-16)9-30-17-15(26(27)28)12(3)25(24-17)13-4-6-29-7-5-13/h8,10-11,13H,4-7,9H2,1-3H3,(H,21,22,23). The summed E-state index contributed by atoms with van der Waals surface area (Å²) in [6, 6.07) is -0.0383. The maximum atomic E-state index is 11.6. The van der Waals surface area contributed by atoms with Crippen LogP contribution in [0.3, 0.4) is 0 Å². The Morgan fingerprint density at radius 2 is 2.10 bits per heavy atom. The van der Waals surface area contributed by atoms with Gasteiger partial charge in [-0.3, -0.25) is 14.8 Å². The molecule has 2 aromatic heterocycles. The van der Waals surface area contributed by atoms with Crippen LogP contribution in [0.1, 0.15) is 38.4 Å². The Bertz CT molecular complexity index is 903. The number of halogens is 2. The molecule has 3 heterocycles. The summed E-state index contributed by atoms with van der Waals surface area (Å²) in [5.41, 5.74) is 0.392. The van der Waals surface area contributed by atoms with E-state index in [4.69, 9.17) is 32.7 Å². The molecule has 10 nitrogen and oxygen atoms in total. The molecule has 1 fully saturated rings. The van der Waals surface area contributed by atoms with Gasteiger partial charge in [-0.2, -0.15) is 4.98 Å². The molecular weight excluding hydrogens is 435 g/mol. The maximum Gasteiger partial charge on any atom is 0.352 e. The Hall–Kier alpha value is -2.17. The summed E-state index contributed by atoms with van der Waals surface area (Å²) in [5.74, 6) is 0.413. The van der Waals surface area contributed by atoms with Gasteiger partial charge in [0.25, 0.3) is 0 Å². The highest BCUT2D eigenvalue weighted by Gasteiger charge is 2.31. The SMILES string of the molecule is Cc1c([N+](=O)[O-])c(OCC(C)C(C)Nc2nc(Cl)ncc2Cl)nn1C1CCOCC1. The quantitative estimate of drug-likeness (QED) is 0.357. The van der Waals surface area contributed by atoms with Crippen molar-refractivity contribution in [2.24, 2.45) is 5.92 Å². The van der Waals surface area contributed by atoms with E-state index >= 15 is 0 Å². The van der Waals surface area contributed by atoms with Crippen molar-refractivity contribution in [2.75, 3.05) is 25.1 Å². The minimum absolute atomic E-state index is 0.0335. The number of hydrogen-bond donors (Lipinski definition) is 1. The zero-order valence-electron chi connectivity index (χ0n) is 17.0. The molecule has 1 aliphatic rings.